The van der Waals surface area contributed by atoms with E-state index in [2.05, 4.69) is 26.5 Å². The first-order valence-electron chi connectivity index (χ1n) is 3.62. The highest BCUT2D eigenvalue weighted by molar-refractivity contribution is 9.18. The van der Waals surface area contributed by atoms with E-state index in [0.29, 0.717) is 0 Å². The van der Waals surface area contributed by atoms with Gasteiger partial charge >= 0.3 is 0 Å². The first kappa shape index (κ1) is 7.55. The van der Waals surface area contributed by atoms with E-state index in [1.165, 1.54) is 0 Å². The number of halogens is 1. The monoisotopic (exact) mass is 222 g/mol. The second-order valence-electron chi connectivity index (χ2n) is 2.47. The Balaban J connectivity index is 2.48. The van der Waals surface area contributed by atoms with E-state index < -0.39 is 0 Å². The highest BCUT2D eigenvalue weighted by Crippen LogP contribution is 2.19. The van der Waals surface area contributed by atoms with Gasteiger partial charge in [-0.3, -0.25) is 5.43 Å². The Labute approximate surface area is 79.1 Å². The van der Waals surface area contributed by atoms with Gasteiger partial charge in [-0.05, 0) is 33.6 Å². The number of hydrogen-bond acceptors (Lipinski definition) is 2. The molecule has 2 nitrogen and oxygen atoms in total. The molecule has 0 spiro atoms. The van der Waals surface area contributed by atoms with E-state index >= 15 is 0 Å². The first-order valence-corrected chi connectivity index (χ1v) is 4.42. The summed E-state index contributed by atoms with van der Waals surface area (Å²) in [6, 6.07) is 8.02. The number of nitrogens with zero attached hydrogens (tertiary/aromatic N) is 1. The summed E-state index contributed by atoms with van der Waals surface area (Å²) in [4.78, 5) is 0. The Bertz CT molecular complexity index is 355. The number of hydrazone groups is 1. The van der Waals surface area contributed by atoms with Crippen molar-refractivity contribution in [1.29, 1.82) is 0 Å². The van der Waals surface area contributed by atoms with E-state index in [9.17, 15) is 0 Å². The summed E-state index contributed by atoms with van der Waals surface area (Å²) in [5.74, 6) is 0. The van der Waals surface area contributed by atoms with Crippen LogP contribution in [-0.2, 0) is 0 Å². The molecule has 0 saturated carbocycles. The van der Waals surface area contributed by atoms with Crippen molar-refractivity contribution in [2.75, 3.05) is 5.43 Å². The molecule has 1 aromatic carbocycles. The zero-order valence-corrected chi connectivity index (χ0v) is 7.88. The summed E-state index contributed by atoms with van der Waals surface area (Å²) >= 11 is 3.30. The highest BCUT2D eigenvalue weighted by Gasteiger charge is 2.00. The third-order valence-corrected chi connectivity index (χ3v) is 2.09. The van der Waals surface area contributed by atoms with Gasteiger partial charge in [-0.25, -0.2) is 0 Å². The second-order valence-corrected chi connectivity index (χ2v) is 3.28. The lowest BCUT2D eigenvalue weighted by Crippen LogP contribution is -1.90. The quantitative estimate of drug-likeness (QED) is 0.718. The summed E-state index contributed by atoms with van der Waals surface area (Å²) in [5, 5.41) is 4.06. The summed E-state index contributed by atoms with van der Waals surface area (Å²) < 4.78 is 0.804. The lowest BCUT2D eigenvalue weighted by atomic mass is 10.2. The number of hydrogen-bond donors (Lipinski definition) is 1. The fraction of sp³-hybridized carbons (Fsp3) is 0. The minimum Gasteiger partial charge on any atom is -0.277 e. The summed E-state index contributed by atoms with van der Waals surface area (Å²) in [6.45, 7) is 0. The van der Waals surface area contributed by atoms with Crippen molar-refractivity contribution in [2.45, 2.75) is 0 Å². The maximum absolute atomic E-state index is 4.06. The van der Waals surface area contributed by atoms with Gasteiger partial charge in [0, 0.05) is 0 Å². The van der Waals surface area contributed by atoms with E-state index in [0.717, 1.165) is 15.9 Å². The number of nitrogens with one attached hydrogen (secondary N) is 1. The Morgan fingerprint density at radius 2 is 2.00 bits per heavy atom. The molecule has 0 saturated heterocycles. The smallest absolute Gasteiger partial charge is 0.126 e. The Morgan fingerprint density at radius 3 is 2.92 bits per heavy atom. The standard InChI is InChI=1S/C9H7BrN2/c10-9-6-5-7-3-1-2-4-8(7)11-12-9/h1-6,11H. The van der Waals surface area contributed by atoms with Gasteiger partial charge in [-0.15, -0.1) is 0 Å². The molecule has 3 heteroatoms. The normalized spacial score (nSPS) is 14.2. The van der Waals surface area contributed by atoms with E-state index in [1.54, 1.807) is 0 Å². The fourth-order valence-corrected chi connectivity index (χ4v) is 1.27. The van der Waals surface area contributed by atoms with Gasteiger partial charge in [0.15, 0.2) is 0 Å². The molecule has 0 aliphatic carbocycles. The van der Waals surface area contributed by atoms with Crippen LogP contribution in [0, 0.1) is 0 Å². The molecule has 0 aromatic heterocycles. The van der Waals surface area contributed by atoms with Crippen LogP contribution in [0.25, 0.3) is 6.08 Å². The number of fused-ring (bicyclic) bond motifs is 1. The maximum Gasteiger partial charge on any atom is 0.126 e. The molecule has 2 rings (SSSR count). The fourth-order valence-electron chi connectivity index (χ4n) is 1.05. The van der Waals surface area contributed by atoms with Gasteiger partial charge in [0.1, 0.15) is 4.62 Å². The molecule has 0 fully saturated rings. The zero-order chi connectivity index (χ0) is 8.39. The van der Waals surface area contributed by atoms with Crippen molar-refractivity contribution < 1.29 is 0 Å². The van der Waals surface area contributed by atoms with Crippen molar-refractivity contribution >= 4 is 32.3 Å². The number of rotatable bonds is 0. The van der Waals surface area contributed by atoms with E-state index in [-0.39, 0.29) is 0 Å². The third kappa shape index (κ3) is 1.41. The molecule has 0 atom stereocenters. The van der Waals surface area contributed by atoms with Crippen LogP contribution in [0.4, 0.5) is 5.69 Å². The van der Waals surface area contributed by atoms with Crippen LogP contribution in [0.15, 0.2) is 35.4 Å². The summed E-state index contributed by atoms with van der Waals surface area (Å²) in [7, 11) is 0. The van der Waals surface area contributed by atoms with E-state index in [1.807, 2.05) is 36.4 Å². The van der Waals surface area contributed by atoms with Crippen molar-refractivity contribution in [2.24, 2.45) is 5.10 Å². The summed E-state index contributed by atoms with van der Waals surface area (Å²) in [5.41, 5.74) is 5.13. The van der Waals surface area contributed by atoms with Crippen molar-refractivity contribution in [3.8, 4) is 0 Å². The second kappa shape index (κ2) is 3.11. The first-order chi connectivity index (χ1) is 5.86. The molecule has 1 N–H and O–H groups in total. The van der Waals surface area contributed by atoms with Crippen LogP contribution in [-0.4, -0.2) is 4.62 Å². The molecular formula is C9H7BrN2. The Kier molecular flexibility index (Phi) is 1.96. The van der Waals surface area contributed by atoms with Crippen LogP contribution in [0.3, 0.4) is 0 Å². The van der Waals surface area contributed by atoms with Crippen LogP contribution in [0.2, 0.25) is 0 Å². The predicted octanol–water partition coefficient (Wildman–Crippen LogP) is 2.83. The lowest BCUT2D eigenvalue weighted by Gasteiger charge is -2.01. The third-order valence-electron chi connectivity index (χ3n) is 1.64. The van der Waals surface area contributed by atoms with Gasteiger partial charge in [0.05, 0.1) is 5.69 Å². The molecule has 60 valence electrons. The highest BCUT2D eigenvalue weighted by atomic mass is 79.9. The maximum atomic E-state index is 4.06. The van der Waals surface area contributed by atoms with Crippen LogP contribution >= 0.6 is 15.9 Å². The molecule has 0 bridgehead atoms. The average Bonchev–Trinajstić information content (AvgIpc) is 2.29. The van der Waals surface area contributed by atoms with Gasteiger partial charge in [0.2, 0.25) is 0 Å². The number of benzene rings is 1. The van der Waals surface area contributed by atoms with Gasteiger partial charge in [-0.2, -0.15) is 5.10 Å². The van der Waals surface area contributed by atoms with Gasteiger partial charge in [0.25, 0.3) is 0 Å². The number of allylic oxidation sites excluding steroid dienone is 1. The molecule has 12 heavy (non-hydrogen) atoms. The van der Waals surface area contributed by atoms with Crippen LogP contribution < -0.4 is 5.43 Å². The van der Waals surface area contributed by atoms with Crippen molar-refractivity contribution in [3.63, 3.8) is 0 Å². The van der Waals surface area contributed by atoms with E-state index in [4.69, 9.17) is 0 Å². The molecule has 1 aliphatic heterocycles. The lowest BCUT2D eigenvalue weighted by molar-refractivity contribution is 1.35. The molecule has 0 unspecified atom stereocenters. The van der Waals surface area contributed by atoms with Gasteiger partial charge < -0.3 is 0 Å². The minimum absolute atomic E-state index is 0.804. The Hall–Kier alpha value is -1.09. The number of anilines is 1. The van der Waals surface area contributed by atoms with Crippen molar-refractivity contribution in [3.05, 3.63) is 35.9 Å². The molecule has 0 amide bonds. The van der Waals surface area contributed by atoms with Crippen LogP contribution in [0.1, 0.15) is 5.56 Å². The average molecular weight is 223 g/mol. The molecule has 0 radical (unpaired) electrons. The molecular weight excluding hydrogens is 216 g/mol. The SMILES string of the molecule is BrC1=NNc2ccccc2C=C1. The zero-order valence-electron chi connectivity index (χ0n) is 6.29. The topological polar surface area (TPSA) is 24.4 Å². The molecule has 1 aromatic rings. The van der Waals surface area contributed by atoms with Gasteiger partial charge in [-0.1, -0.05) is 24.3 Å². The molecule has 1 heterocycles. The molecule has 1 aliphatic rings. The summed E-state index contributed by atoms with van der Waals surface area (Å²) in [6.07, 6.45) is 3.93. The predicted molar refractivity (Wildman–Crippen MR) is 55.5 cm³/mol. The Morgan fingerprint density at radius 1 is 1.17 bits per heavy atom. The van der Waals surface area contributed by atoms with Crippen molar-refractivity contribution in [1.82, 2.24) is 0 Å². The minimum atomic E-state index is 0.804. The number of para-hydroxylation sites is 1. The van der Waals surface area contributed by atoms with Crippen LogP contribution in [0.5, 0.6) is 0 Å². The largest absolute Gasteiger partial charge is 0.277 e.